The minimum atomic E-state index is 0.00880. The molecule has 0 aromatic carbocycles. The molecule has 0 unspecified atom stereocenters. The maximum Gasteiger partial charge on any atom is 0.227 e. The number of piperidine rings is 1. The first-order valence-corrected chi connectivity index (χ1v) is 11.7. The highest BCUT2D eigenvalue weighted by Gasteiger charge is 2.21. The summed E-state index contributed by atoms with van der Waals surface area (Å²) in [6, 6.07) is 7.74. The largest absolute Gasteiger partial charge is 0.354 e. The van der Waals surface area contributed by atoms with E-state index in [1.165, 1.54) is 0 Å². The van der Waals surface area contributed by atoms with Crippen LogP contribution < -0.4 is 26.2 Å². The first-order chi connectivity index (χ1) is 16.7. The molecular formula is C24H29N9O. The third-order valence-electron chi connectivity index (χ3n) is 6.10. The lowest BCUT2D eigenvalue weighted by Crippen LogP contribution is -2.43. The molecule has 2 fully saturated rings. The normalized spacial score (nSPS) is 16.8. The molecule has 0 saturated carbocycles. The van der Waals surface area contributed by atoms with Gasteiger partial charge in [-0.2, -0.15) is 0 Å². The molecule has 34 heavy (non-hydrogen) atoms. The molecule has 0 spiro atoms. The zero-order chi connectivity index (χ0) is 23.2. The molecule has 5 heterocycles. The Morgan fingerprint density at radius 3 is 2.56 bits per heavy atom. The molecule has 5 rings (SSSR count). The Hall–Kier alpha value is -3.63. The van der Waals surface area contributed by atoms with E-state index in [1.807, 2.05) is 24.4 Å². The molecule has 0 bridgehead atoms. The minimum absolute atomic E-state index is 0.00880. The summed E-state index contributed by atoms with van der Waals surface area (Å²) >= 11 is 0. The van der Waals surface area contributed by atoms with E-state index in [9.17, 15) is 4.79 Å². The highest BCUT2D eigenvalue weighted by molar-refractivity contribution is 5.93. The number of pyridine rings is 2. The van der Waals surface area contributed by atoms with Crippen LogP contribution in [0.25, 0.3) is 11.3 Å². The molecule has 2 aliphatic rings. The summed E-state index contributed by atoms with van der Waals surface area (Å²) in [6.07, 6.45) is 8.36. The molecule has 0 aliphatic carbocycles. The van der Waals surface area contributed by atoms with Crippen molar-refractivity contribution in [2.75, 3.05) is 54.8 Å². The van der Waals surface area contributed by atoms with E-state index in [2.05, 4.69) is 47.2 Å². The van der Waals surface area contributed by atoms with Crippen LogP contribution in [0, 0.1) is 5.92 Å². The highest BCUT2D eigenvalue weighted by Crippen LogP contribution is 2.28. The first-order valence-electron chi connectivity index (χ1n) is 11.7. The summed E-state index contributed by atoms with van der Waals surface area (Å²) in [6.45, 7) is 5.43. The van der Waals surface area contributed by atoms with Crippen molar-refractivity contribution in [1.82, 2.24) is 30.6 Å². The molecule has 2 saturated heterocycles. The van der Waals surface area contributed by atoms with Crippen LogP contribution in [-0.2, 0) is 4.79 Å². The number of anilines is 4. The van der Waals surface area contributed by atoms with E-state index in [0.717, 1.165) is 69.2 Å². The van der Waals surface area contributed by atoms with E-state index >= 15 is 0 Å². The summed E-state index contributed by atoms with van der Waals surface area (Å²) in [5, 5.41) is 13.0. The van der Waals surface area contributed by atoms with Gasteiger partial charge in [-0.3, -0.25) is 9.78 Å². The van der Waals surface area contributed by atoms with Crippen LogP contribution in [0.2, 0.25) is 0 Å². The fraction of sp³-hybridized carbons (Fsp3) is 0.375. The van der Waals surface area contributed by atoms with Gasteiger partial charge in [-0.15, -0.1) is 0 Å². The number of carbonyl (C=O) groups is 1. The highest BCUT2D eigenvalue weighted by atomic mass is 16.1. The van der Waals surface area contributed by atoms with Crippen LogP contribution in [0.5, 0.6) is 0 Å². The molecule has 10 nitrogen and oxygen atoms in total. The number of carbonyl (C=O) groups excluding carboxylic acids is 1. The number of amides is 1. The van der Waals surface area contributed by atoms with Crippen LogP contribution in [-0.4, -0.2) is 65.1 Å². The zero-order valence-corrected chi connectivity index (χ0v) is 19.0. The third-order valence-corrected chi connectivity index (χ3v) is 6.10. The Kier molecular flexibility index (Phi) is 6.87. The van der Waals surface area contributed by atoms with Gasteiger partial charge in [-0.1, -0.05) is 0 Å². The van der Waals surface area contributed by atoms with Gasteiger partial charge in [0.25, 0.3) is 0 Å². The standard InChI is InChI=1S/C24H29N9O/c34-24(17-1-4-25-5-2-17)30-19-14-20(31-21(15-19)32-22-16-27-7-8-28-22)18-3-6-29-23(13-18)33-11-9-26-10-12-33/h3,6-8,13-17,25-26H,1-2,4-5,9-12H2,(H2,28,30,31,32,34). The molecule has 3 aromatic rings. The Labute approximate surface area is 198 Å². The molecule has 0 atom stereocenters. The van der Waals surface area contributed by atoms with Crippen LogP contribution >= 0.6 is 0 Å². The Balaban J connectivity index is 1.45. The quantitative estimate of drug-likeness (QED) is 0.439. The summed E-state index contributed by atoms with van der Waals surface area (Å²) in [4.78, 5) is 33.0. The lowest BCUT2D eigenvalue weighted by Gasteiger charge is -2.28. The van der Waals surface area contributed by atoms with Crippen molar-refractivity contribution in [3.05, 3.63) is 49.1 Å². The van der Waals surface area contributed by atoms with Gasteiger partial charge in [-0.25, -0.2) is 15.0 Å². The lowest BCUT2D eigenvalue weighted by atomic mass is 9.97. The van der Waals surface area contributed by atoms with Crippen LogP contribution in [0.15, 0.2) is 49.1 Å². The van der Waals surface area contributed by atoms with Gasteiger partial charge >= 0.3 is 0 Å². The van der Waals surface area contributed by atoms with Crippen molar-refractivity contribution in [2.24, 2.45) is 5.92 Å². The van der Waals surface area contributed by atoms with Gasteiger partial charge in [0, 0.05) is 68.0 Å². The van der Waals surface area contributed by atoms with Crippen LogP contribution in [0.4, 0.5) is 23.1 Å². The number of nitrogens with one attached hydrogen (secondary N) is 4. The van der Waals surface area contributed by atoms with Gasteiger partial charge in [0.2, 0.25) is 5.91 Å². The summed E-state index contributed by atoms with van der Waals surface area (Å²) in [5.41, 5.74) is 2.37. The predicted molar refractivity (Wildman–Crippen MR) is 132 cm³/mol. The van der Waals surface area contributed by atoms with Crippen molar-refractivity contribution < 1.29 is 4.79 Å². The molecule has 1 amide bonds. The second-order valence-corrected chi connectivity index (χ2v) is 8.50. The van der Waals surface area contributed by atoms with Crippen molar-refractivity contribution >= 4 is 29.0 Å². The van der Waals surface area contributed by atoms with E-state index < -0.39 is 0 Å². The number of hydrogen-bond donors (Lipinski definition) is 4. The molecule has 176 valence electrons. The van der Waals surface area contributed by atoms with E-state index in [4.69, 9.17) is 4.98 Å². The molecule has 4 N–H and O–H groups in total. The average Bonchev–Trinajstić information content (AvgIpc) is 2.90. The monoisotopic (exact) mass is 459 g/mol. The van der Waals surface area contributed by atoms with E-state index in [1.54, 1.807) is 18.6 Å². The number of rotatable bonds is 6. The maximum absolute atomic E-state index is 12.9. The summed E-state index contributed by atoms with van der Waals surface area (Å²) < 4.78 is 0. The Bertz CT molecular complexity index is 1110. The van der Waals surface area contributed by atoms with Crippen molar-refractivity contribution in [1.29, 1.82) is 0 Å². The molecule has 2 aliphatic heterocycles. The van der Waals surface area contributed by atoms with E-state index in [-0.39, 0.29) is 11.8 Å². The maximum atomic E-state index is 12.9. The lowest BCUT2D eigenvalue weighted by molar-refractivity contribution is -0.120. The summed E-state index contributed by atoms with van der Waals surface area (Å²) in [7, 11) is 0. The number of piperazine rings is 1. The smallest absolute Gasteiger partial charge is 0.227 e. The van der Waals surface area contributed by atoms with Crippen LogP contribution in [0.3, 0.4) is 0 Å². The molecule has 10 heteroatoms. The fourth-order valence-corrected chi connectivity index (χ4v) is 4.28. The topological polar surface area (TPSA) is 120 Å². The SMILES string of the molecule is O=C(Nc1cc(Nc2cnccn2)nc(-c2ccnc(N3CCNCC3)c2)c1)C1CCNCC1. The fourth-order valence-electron chi connectivity index (χ4n) is 4.28. The Morgan fingerprint density at radius 2 is 1.76 bits per heavy atom. The van der Waals surface area contributed by atoms with Crippen LogP contribution in [0.1, 0.15) is 12.8 Å². The molecule has 0 radical (unpaired) electrons. The number of aromatic nitrogens is 4. The second kappa shape index (κ2) is 10.5. The number of hydrogen-bond acceptors (Lipinski definition) is 9. The number of nitrogens with zero attached hydrogens (tertiary/aromatic N) is 5. The average molecular weight is 460 g/mol. The van der Waals surface area contributed by atoms with Gasteiger partial charge in [-0.05, 0) is 44.1 Å². The third kappa shape index (κ3) is 5.46. The minimum Gasteiger partial charge on any atom is -0.354 e. The first kappa shape index (κ1) is 22.2. The van der Waals surface area contributed by atoms with Crippen molar-refractivity contribution in [3.8, 4) is 11.3 Å². The van der Waals surface area contributed by atoms with Gasteiger partial charge < -0.3 is 26.2 Å². The summed E-state index contributed by atoms with van der Waals surface area (Å²) in [5.74, 6) is 2.14. The van der Waals surface area contributed by atoms with Crippen molar-refractivity contribution in [2.45, 2.75) is 12.8 Å². The van der Waals surface area contributed by atoms with E-state index in [0.29, 0.717) is 17.3 Å². The van der Waals surface area contributed by atoms with Crippen molar-refractivity contribution in [3.63, 3.8) is 0 Å². The van der Waals surface area contributed by atoms with Gasteiger partial charge in [0.1, 0.15) is 17.5 Å². The van der Waals surface area contributed by atoms with Gasteiger partial charge in [0.15, 0.2) is 0 Å². The molecular weight excluding hydrogens is 430 g/mol. The zero-order valence-electron chi connectivity index (χ0n) is 19.0. The molecule has 3 aromatic heterocycles. The predicted octanol–water partition coefficient (Wildman–Crippen LogP) is 2.02. The second-order valence-electron chi connectivity index (χ2n) is 8.50. The van der Waals surface area contributed by atoms with Gasteiger partial charge in [0.05, 0.1) is 11.9 Å². The Morgan fingerprint density at radius 1 is 0.941 bits per heavy atom.